The van der Waals surface area contributed by atoms with Gasteiger partial charge in [-0.05, 0) is 18.9 Å². The van der Waals surface area contributed by atoms with Crippen LogP contribution < -0.4 is 5.32 Å². The highest BCUT2D eigenvalue weighted by Gasteiger charge is 2.26. The van der Waals surface area contributed by atoms with E-state index in [1.54, 1.807) is 11.3 Å². The van der Waals surface area contributed by atoms with Crippen molar-refractivity contribution in [1.82, 2.24) is 25.0 Å². The normalized spacial score (nSPS) is 18.6. The number of aliphatic imine (C=N–C) groups is 1. The minimum atomic E-state index is 0.548. The van der Waals surface area contributed by atoms with E-state index in [9.17, 15) is 0 Å². The molecule has 0 saturated carbocycles. The average Bonchev–Trinajstić information content (AvgIpc) is 3.27. The summed E-state index contributed by atoms with van der Waals surface area (Å²) >= 11 is 1.70. The first kappa shape index (κ1) is 16.0. The molecule has 3 rings (SSSR count). The van der Waals surface area contributed by atoms with Crippen LogP contribution in [0.25, 0.3) is 0 Å². The number of aryl methyl sites for hydroxylation is 1. The van der Waals surface area contributed by atoms with Crippen LogP contribution in [0.2, 0.25) is 0 Å². The molecule has 124 valence electrons. The van der Waals surface area contributed by atoms with Gasteiger partial charge in [-0.2, -0.15) is 5.10 Å². The summed E-state index contributed by atoms with van der Waals surface area (Å²) in [5.74, 6) is 1.57. The molecule has 3 heterocycles. The van der Waals surface area contributed by atoms with Gasteiger partial charge in [-0.15, -0.1) is 11.3 Å². The SMILES string of the molecule is CCNC(=NCCc1nccs1)N1CCC(c2cnn(C)c2)C1. The number of rotatable bonds is 5. The largest absolute Gasteiger partial charge is 0.357 e. The Morgan fingerprint density at radius 2 is 2.43 bits per heavy atom. The van der Waals surface area contributed by atoms with Crippen molar-refractivity contribution in [3.05, 3.63) is 34.5 Å². The Hall–Kier alpha value is -1.89. The fraction of sp³-hybridized carbons (Fsp3) is 0.562. The van der Waals surface area contributed by atoms with E-state index in [-0.39, 0.29) is 0 Å². The number of hydrogen-bond acceptors (Lipinski definition) is 4. The van der Waals surface area contributed by atoms with Gasteiger partial charge < -0.3 is 10.2 Å². The molecule has 0 spiro atoms. The molecule has 0 aliphatic carbocycles. The Morgan fingerprint density at radius 3 is 3.13 bits per heavy atom. The highest BCUT2D eigenvalue weighted by atomic mass is 32.1. The summed E-state index contributed by atoms with van der Waals surface area (Å²) in [5.41, 5.74) is 1.33. The van der Waals surface area contributed by atoms with Crippen LogP contribution in [0.15, 0.2) is 29.0 Å². The van der Waals surface area contributed by atoms with Crippen molar-refractivity contribution in [2.24, 2.45) is 12.0 Å². The van der Waals surface area contributed by atoms with Crippen LogP contribution in [-0.2, 0) is 13.5 Å². The Labute approximate surface area is 141 Å². The zero-order valence-corrected chi connectivity index (χ0v) is 14.6. The van der Waals surface area contributed by atoms with E-state index in [0.29, 0.717) is 5.92 Å². The molecule has 1 fully saturated rings. The monoisotopic (exact) mass is 332 g/mol. The summed E-state index contributed by atoms with van der Waals surface area (Å²) < 4.78 is 1.88. The van der Waals surface area contributed by atoms with Crippen LogP contribution in [0, 0.1) is 0 Å². The molecule has 1 atom stereocenters. The summed E-state index contributed by atoms with van der Waals surface area (Å²) in [6, 6.07) is 0. The molecule has 6 nitrogen and oxygen atoms in total. The Morgan fingerprint density at radius 1 is 1.52 bits per heavy atom. The topological polar surface area (TPSA) is 58.3 Å². The van der Waals surface area contributed by atoms with E-state index >= 15 is 0 Å². The molecule has 0 bridgehead atoms. The van der Waals surface area contributed by atoms with Gasteiger partial charge in [-0.1, -0.05) is 0 Å². The first-order valence-corrected chi connectivity index (χ1v) is 9.04. The van der Waals surface area contributed by atoms with Gasteiger partial charge in [0, 0.05) is 63.3 Å². The third kappa shape index (κ3) is 4.10. The lowest BCUT2D eigenvalue weighted by Gasteiger charge is -2.21. The quantitative estimate of drug-likeness (QED) is 0.671. The average molecular weight is 332 g/mol. The minimum absolute atomic E-state index is 0.548. The number of aromatic nitrogens is 3. The van der Waals surface area contributed by atoms with E-state index in [4.69, 9.17) is 4.99 Å². The number of likely N-dealkylation sites (tertiary alicyclic amines) is 1. The number of nitrogens with zero attached hydrogens (tertiary/aromatic N) is 5. The molecule has 0 amide bonds. The van der Waals surface area contributed by atoms with E-state index < -0.39 is 0 Å². The fourth-order valence-electron chi connectivity index (χ4n) is 2.94. The zero-order chi connectivity index (χ0) is 16.1. The summed E-state index contributed by atoms with van der Waals surface area (Å²) in [7, 11) is 1.97. The Kier molecular flexibility index (Phi) is 5.27. The zero-order valence-electron chi connectivity index (χ0n) is 13.8. The van der Waals surface area contributed by atoms with E-state index in [2.05, 4.69) is 33.4 Å². The summed E-state index contributed by atoms with van der Waals surface area (Å²) in [6.07, 6.45) is 8.03. The molecule has 1 unspecified atom stereocenters. The van der Waals surface area contributed by atoms with E-state index in [0.717, 1.165) is 50.0 Å². The molecular weight excluding hydrogens is 308 g/mol. The van der Waals surface area contributed by atoms with Crippen molar-refractivity contribution in [1.29, 1.82) is 0 Å². The molecular formula is C16H24N6S. The van der Waals surface area contributed by atoms with Crippen molar-refractivity contribution in [2.75, 3.05) is 26.2 Å². The maximum Gasteiger partial charge on any atom is 0.193 e. The first-order chi connectivity index (χ1) is 11.3. The van der Waals surface area contributed by atoms with E-state index in [1.807, 2.05) is 29.5 Å². The molecule has 0 aromatic carbocycles. The molecule has 23 heavy (non-hydrogen) atoms. The summed E-state index contributed by atoms with van der Waals surface area (Å²) in [6.45, 7) is 5.84. The standard InChI is InChI=1S/C16H24N6S/c1-3-17-16(19-6-4-15-18-7-9-23-15)22-8-5-13(12-22)14-10-20-21(2)11-14/h7,9-11,13H,3-6,8,12H2,1-2H3,(H,17,19). The van der Waals surface area contributed by atoms with Crippen LogP contribution in [0.3, 0.4) is 0 Å². The van der Waals surface area contributed by atoms with Crippen molar-refractivity contribution in [2.45, 2.75) is 25.7 Å². The lowest BCUT2D eigenvalue weighted by atomic mass is 10.0. The lowest BCUT2D eigenvalue weighted by Crippen LogP contribution is -2.40. The second-order valence-corrected chi connectivity index (χ2v) is 6.77. The maximum absolute atomic E-state index is 4.78. The predicted molar refractivity (Wildman–Crippen MR) is 93.9 cm³/mol. The van der Waals surface area contributed by atoms with Gasteiger partial charge in [0.2, 0.25) is 0 Å². The third-order valence-electron chi connectivity index (χ3n) is 4.09. The molecule has 0 radical (unpaired) electrons. The van der Waals surface area contributed by atoms with Crippen LogP contribution in [-0.4, -0.2) is 51.8 Å². The molecule has 1 aliphatic heterocycles. The van der Waals surface area contributed by atoms with Crippen LogP contribution in [0.1, 0.15) is 29.8 Å². The summed E-state index contributed by atoms with van der Waals surface area (Å²) in [5, 5.41) is 10.9. The predicted octanol–water partition coefficient (Wildman–Crippen LogP) is 1.87. The second-order valence-electron chi connectivity index (χ2n) is 5.79. The number of guanidine groups is 1. The van der Waals surface area contributed by atoms with Gasteiger partial charge in [-0.25, -0.2) is 4.98 Å². The lowest BCUT2D eigenvalue weighted by molar-refractivity contribution is 0.486. The minimum Gasteiger partial charge on any atom is -0.357 e. The molecule has 7 heteroatoms. The Balaban J connectivity index is 1.59. The molecule has 1 aliphatic rings. The van der Waals surface area contributed by atoms with Crippen molar-refractivity contribution >= 4 is 17.3 Å². The highest BCUT2D eigenvalue weighted by molar-refractivity contribution is 7.09. The fourth-order valence-corrected chi connectivity index (χ4v) is 3.55. The van der Waals surface area contributed by atoms with Crippen molar-refractivity contribution in [3.63, 3.8) is 0 Å². The van der Waals surface area contributed by atoms with Crippen LogP contribution in [0.5, 0.6) is 0 Å². The highest BCUT2D eigenvalue weighted by Crippen LogP contribution is 2.26. The number of hydrogen-bond donors (Lipinski definition) is 1. The molecule has 1 N–H and O–H groups in total. The summed E-state index contributed by atoms with van der Waals surface area (Å²) in [4.78, 5) is 11.5. The van der Waals surface area contributed by atoms with Crippen molar-refractivity contribution < 1.29 is 0 Å². The molecule has 2 aromatic heterocycles. The smallest absolute Gasteiger partial charge is 0.193 e. The maximum atomic E-state index is 4.78. The van der Waals surface area contributed by atoms with Gasteiger partial charge in [0.25, 0.3) is 0 Å². The molecule has 1 saturated heterocycles. The van der Waals surface area contributed by atoms with E-state index in [1.165, 1.54) is 5.56 Å². The first-order valence-electron chi connectivity index (χ1n) is 8.16. The van der Waals surface area contributed by atoms with Crippen LogP contribution >= 0.6 is 11.3 Å². The van der Waals surface area contributed by atoms with Gasteiger partial charge in [-0.3, -0.25) is 9.67 Å². The van der Waals surface area contributed by atoms with Crippen LogP contribution in [0.4, 0.5) is 0 Å². The molecule has 2 aromatic rings. The van der Waals surface area contributed by atoms with Gasteiger partial charge in [0.1, 0.15) is 0 Å². The van der Waals surface area contributed by atoms with Crippen molar-refractivity contribution in [3.8, 4) is 0 Å². The van der Waals surface area contributed by atoms with Gasteiger partial charge in [0.15, 0.2) is 5.96 Å². The van der Waals surface area contributed by atoms with Gasteiger partial charge >= 0.3 is 0 Å². The number of nitrogens with one attached hydrogen (secondary N) is 1. The second kappa shape index (κ2) is 7.59. The Bertz CT molecular complexity index is 633. The number of thiazole rings is 1. The van der Waals surface area contributed by atoms with Gasteiger partial charge in [0.05, 0.1) is 11.2 Å². The third-order valence-corrected chi connectivity index (χ3v) is 4.93.